The summed E-state index contributed by atoms with van der Waals surface area (Å²) < 4.78 is 15.5. The van der Waals surface area contributed by atoms with Crippen molar-refractivity contribution in [1.82, 2.24) is 5.32 Å². The third-order valence-corrected chi connectivity index (χ3v) is 3.80. The quantitative estimate of drug-likeness (QED) is 0.884. The summed E-state index contributed by atoms with van der Waals surface area (Å²) in [5.41, 5.74) is 6.61. The summed E-state index contributed by atoms with van der Waals surface area (Å²) >= 11 is 1.38. The van der Waals surface area contributed by atoms with Gasteiger partial charge in [0, 0.05) is 11.4 Å². The van der Waals surface area contributed by atoms with Gasteiger partial charge < -0.3 is 25.3 Å². The van der Waals surface area contributed by atoms with Crippen molar-refractivity contribution in [3.63, 3.8) is 0 Å². The van der Waals surface area contributed by atoms with E-state index in [0.29, 0.717) is 28.8 Å². The van der Waals surface area contributed by atoms with E-state index in [9.17, 15) is 4.79 Å². The lowest BCUT2D eigenvalue weighted by atomic mass is 10.2. The van der Waals surface area contributed by atoms with Crippen LogP contribution in [0.5, 0.6) is 17.2 Å². The van der Waals surface area contributed by atoms with Gasteiger partial charge in [-0.25, -0.2) is 4.79 Å². The Labute approximate surface area is 132 Å². The fraction of sp³-hybridized carbons (Fsp3) is 0.267. The molecule has 0 aliphatic heterocycles. The molecule has 7 heteroatoms. The Bertz CT molecular complexity index is 670. The van der Waals surface area contributed by atoms with Crippen molar-refractivity contribution in [2.24, 2.45) is 0 Å². The highest BCUT2D eigenvalue weighted by Gasteiger charge is 2.11. The predicted octanol–water partition coefficient (Wildman–Crippen LogP) is 2.94. The second-order valence-corrected chi connectivity index (χ2v) is 5.81. The number of nitrogens with two attached hydrogens (primary N) is 1. The molecule has 0 fully saturated rings. The lowest BCUT2D eigenvalue weighted by Crippen LogP contribution is -2.26. The summed E-state index contributed by atoms with van der Waals surface area (Å²) in [6.07, 6.45) is -0.556. The highest BCUT2D eigenvalue weighted by molar-refractivity contribution is 7.16. The number of nitrogen functional groups attached to an aromatic ring is 1. The van der Waals surface area contributed by atoms with E-state index in [2.05, 4.69) is 5.32 Å². The molecule has 2 aromatic rings. The number of amides is 1. The summed E-state index contributed by atoms with van der Waals surface area (Å²) in [7, 11) is 3.13. The van der Waals surface area contributed by atoms with Gasteiger partial charge >= 0.3 is 6.09 Å². The average Bonchev–Trinajstić information content (AvgIpc) is 2.82. The van der Waals surface area contributed by atoms with E-state index >= 15 is 0 Å². The smallest absolute Gasteiger partial charge is 0.412 e. The summed E-state index contributed by atoms with van der Waals surface area (Å²) in [6, 6.07) is 7.14. The summed E-state index contributed by atoms with van der Waals surface area (Å²) in [4.78, 5) is 12.8. The second-order valence-electron chi connectivity index (χ2n) is 4.52. The third kappa shape index (κ3) is 3.82. The number of rotatable bonds is 5. The number of benzene rings is 1. The first-order valence-corrected chi connectivity index (χ1v) is 7.37. The van der Waals surface area contributed by atoms with Crippen molar-refractivity contribution in [3.05, 3.63) is 34.7 Å². The molecular weight excluding hydrogens is 304 g/mol. The number of hydrogen-bond donors (Lipinski definition) is 2. The third-order valence-electron chi connectivity index (χ3n) is 2.94. The van der Waals surface area contributed by atoms with E-state index in [1.54, 1.807) is 32.4 Å². The molecule has 2 rings (SSSR count). The Morgan fingerprint density at radius 2 is 1.91 bits per heavy atom. The maximum absolute atomic E-state index is 11.8. The predicted molar refractivity (Wildman–Crippen MR) is 85.9 cm³/mol. The molecule has 1 heterocycles. The van der Waals surface area contributed by atoms with Gasteiger partial charge in [0.25, 0.3) is 0 Å². The number of thiophene rings is 1. The molecule has 0 spiro atoms. The van der Waals surface area contributed by atoms with Gasteiger partial charge in [-0.15, -0.1) is 11.3 Å². The highest BCUT2D eigenvalue weighted by Crippen LogP contribution is 2.31. The number of hydrogen-bond acceptors (Lipinski definition) is 6. The normalized spacial score (nSPS) is 10.1. The Hall–Kier alpha value is -2.41. The van der Waals surface area contributed by atoms with Crippen molar-refractivity contribution in [3.8, 4) is 17.2 Å². The minimum absolute atomic E-state index is 0.308. The van der Waals surface area contributed by atoms with Crippen LogP contribution in [0.2, 0.25) is 0 Å². The summed E-state index contributed by atoms with van der Waals surface area (Å²) in [5, 5.41) is 3.15. The minimum Gasteiger partial charge on any atom is -0.493 e. The van der Waals surface area contributed by atoms with E-state index in [1.165, 1.54) is 11.3 Å². The number of carbonyl (C=O) groups excluding carboxylic acids is 1. The van der Waals surface area contributed by atoms with Crippen LogP contribution in [0.4, 0.5) is 9.80 Å². The number of aryl methyl sites for hydroxylation is 1. The van der Waals surface area contributed by atoms with Crippen LogP contribution in [0.1, 0.15) is 10.4 Å². The molecule has 1 aromatic heterocycles. The van der Waals surface area contributed by atoms with Crippen LogP contribution in [-0.2, 0) is 6.54 Å². The van der Waals surface area contributed by atoms with Gasteiger partial charge in [-0.3, -0.25) is 0 Å². The lowest BCUT2D eigenvalue weighted by Gasteiger charge is -2.10. The van der Waals surface area contributed by atoms with E-state index in [1.807, 2.05) is 13.0 Å². The zero-order valence-electron chi connectivity index (χ0n) is 12.6. The van der Waals surface area contributed by atoms with E-state index < -0.39 is 6.09 Å². The van der Waals surface area contributed by atoms with Crippen LogP contribution in [0, 0.1) is 6.92 Å². The molecular formula is C15H18N2O4S. The van der Waals surface area contributed by atoms with Gasteiger partial charge in [-0.05, 0) is 30.7 Å². The van der Waals surface area contributed by atoms with Gasteiger partial charge in [0.1, 0.15) is 5.00 Å². The molecule has 22 heavy (non-hydrogen) atoms. The van der Waals surface area contributed by atoms with Crippen molar-refractivity contribution in [1.29, 1.82) is 0 Å². The number of anilines is 1. The molecule has 6 nitrogen and oxygen atoms in total. The van der Waals surface area contributed by atoms with Crippen molar-refractivity contribution in [2.45, 2.75) is 13.5 Å². The fourth-order valence-corrected chi connectivity index (χ4v) is 2.60. The molecule has 118 valence electrons. The molecule has 0 aliphatic carbocycles. The van der Waals surface area contributed by atoms with Gasteiger partial charge in [-0.2, -0.15) is 0 Å². The van der Waals surface area contributed by atoms with Crippen LogP contribution in [-0.4, -0.2) is 20.3 Å². The zero-order chi connectivity index (χ0) is 16.1. The van der Waals surface area contributed by atoms with Gasteiger partial charge in [0.05, 0.1) is 14.2 Å². The largest absolute Gasteiger partial charge is 0.493 e. The highest BCUT2D eigenvalue weighted by atomic mass is 32.1. The molecule has 0 aliphatic rings. The lowest BCUT2D eigenvalue weighted by molar-refractivity contribution is 0.200. The summed E-state index contributed by atoms with van der Waals surface area (Å²) in [5.74, 6) is 1.62. The van der Waals surface area contributed by atoms with Crippen LogP contribution in [0.15, 0.2) is 24.3 Å². The van der Waals surface area contributed by atoms with E-state index in [-0.39, 0.29) is 0 Å². The van der Waals surface area contributed by atoms with Crippen LogP contribution >= 0.6 is 11.3 Å². The van der Waals surface area contributed by atoms with Crippen LogP contribution in [0.3, 0.4) is 0 Å². The molecule has 0 atom stereocenters. The number of methoxy groups -OCH3 is 2. The van der Waals surface area contributed by atoms with Crippen molar-refractivity contribution >= 4 is 22.4 Å². The van der Waals surface area contributed by atoms with Crippen molar-refractivity contribution < 1.29 is 19.0 Å². The Balaban J connectivity index is 1.95. The first-order valence-electron chi connectivity index (χ1n) is 6.56. The topological polar surface area (TPSA) is 82.8 Å². The SMILES string of the molecule is COc1ccc(CNC(=O)Oc2cc(C)sc2N)cc1OC. The number of carbonyl (C=O) groups is 1. The van der Waals surface area contributed by atoms with E-state index in [0.717, 1.165) is 10.4 Å². The van der Waals surface area contributed by atoms with Crippen molar-refractivity contribution in [2.75, 3.05) is 20.0 Å². The molecule has 3 N–H and O–H groups in total. The monoisotopic (exact) mass is 322 g/mol. The number of ether oxygens (including phenoxy) is 3. The zero-order valence-corrected chi connectivity index (χ0v) is 13.5. The molecule has 0 saturated carbocycles. The minimum atomic E-state index is -0.556. The maximum atomic E-state index is 11.8. The average molecular weight is 322 g/mol. The maximum Gasteiger partial charge on any atom is 0.412 e. The van der Waals surface area contributed by atoms with E-state index in [4.69, 9.17) is 19.9 Å². The molecule has 0 bridgehead atoms. The molecule has 0 radical (unpaired) electrons. The van der Waals surface area contributed by atoms with Gasteiger partial charge in [0.2, 0.25) is 0 Å². The molecule has 1 amide bonds. The molecule has 0 unspecified atom stereocenters. The molecule has 0 saturated heterocycles. The van der Waals surface area contributed by atoms with Gasteiger partial charge in [0.15, 0.2) is 17.2 Å². The fourth-order valence-electron chi connectivity index (χ4n) is 1.89. The summed E-state index contributed by atoms with van der Waals surface area (Å²) in [6.45, 7) is 2.21. The standard InChI is InChI=1S/C15H18N2O4S/c1-9-6-13(14(16)22-9)21-15(18)17-8-10-4-5-11(19-2)12(7-10)20-3/h4-7H,8,16H2,1-3H3,(H,17,18). The second kappa shape index (κ2) is 7.04. The first-order chi connectivity index (χ1) is 10.5. The number of nitrogens with one attached hydrogen (secondary N) is 1. The first kappa shape index (κ1) is 16.0. The molecule has 1 aromatic carbocycles. The Morgan fingerprint density at radius 3 is 2.50 bits per heavy atom. The Kier molecular flexibility index (Phi) is 5.11. The van der Waals surface area contributed by atoms with Crippen LogP contribution in [0.25, 0.3) is 0 Å². The van der Waals surface area contributed by atoms with Gasteiger partial charge in [-0.1, -0.05) is 6.07 Å². The Morgan fingerprint density at radius 1 is 1.18 bits per heavy atom. The van der Waals surface area contributed by atoms with Crippen LogP contribution < -0.4 is 25.3 Å².